The maximum atomic E-state index is 10.4. The van der Waals surface area contributed by atoms with Crippen LogP contribution in [0.4, 0.5) is 0 Å². The summed E-state index contributed by atoms with van der Waals surface area (Å²) in [5.74, 6) is -0.146. The zero-order chi connectivity index (χ0) is 5.98. The van der Waals surface area contributed by atoms with Gasteiger partial charge >= 0.3 is 5.97 Å². The van der Waals surface area contributed by atoms with Crippen molar-refractivity contribution in [3.63, 3.8) is 0 Å². The van der Waals surface area contributed by atoms with Crippen molar-refractivity contribution in [3.05, 3.63) is 0 Å². The molecule has 1 aliphatic rings. The smallest absolute Gasteiger partial charge is 0.316 e. The van der Waals surface area contributed by atoms with Crippen molar-refractivity contribution in [2.45, 2.75) is 18.9 Å². The highest BCUT2D eigenvalue weighted by molar-refractivity contribution is 9.09. The Balaban J connectivity index is 2.07. The third kappa shape index (κ3) is 1.82. The molecule has 0 aromatic carbocycles. The van der Waals surface area contributed by atoms with Crippen molar-refractivity contribution >= 4 is 21.9 Å². The highest BCUT2D eigenvalue weighted by Crippen LogP contribution is 2.23. The summed E-state index contributed by atoms with van der Waals surface area (Å²) in [5.41, 5.74) is 0. The second-order valence-electron chi connectivity index (χ2n) is 1.82. The number of rotatable bonds is 2. The van der Waals surface area contributed by atoms with E-state index in [1.54, 1.807) is 0 Å². The van der Waals surface area contributed by atoms with Crippen LogP contribution in [0.25, 0.3) is 0 Å². The second-order valence-corrected chi connectivity index (χ2v) is 2.38. The minimum absolute atomic E-state index is 0.146. The molecule has 0 saturated heterocycles. The van der Waals surface area contributed by atoms with Gasteiger partial charge in [0.1, 0.15) is 11.4 Å². The van der Waals surface area contributed by atoms with Gasteiger partial charge < -0.3 is 4.74 Å². The number of hydrogen-bond acceptors (Lipinski definition) is 2. The molecule has 46 valence electrons. The molecule has 0 spiro atoms. The summed E-state index contributed by atoms with van der Waals surface area (Å²) in [4.78, 5) is 10.4. The van der Waals surface area contributed by atoms with E-state index in [2.05, 4.69) is 15.9 Å². The van der Waals surface area contributed by atoms with Crippen LogP contribution in [-0.2, 0) is 9.53 Å². The average Bonchev–Trinajstić information content (AvgIpc) is 2.50. The minimum atomic E-state index is -0.146. The van der Waals surface area contributed by atoms with Gasteiger partial charge in [-0.3, -0.25) is 4.79 Å². The molecule has 0 aromatic rings. The molecule has 3 heteroatoms. The van der Waals surface area contributed by atoms with Gasteiger partial charge in [-0.15, -0.1) is 0 Å². The SMILES string of the molecule is O=C(CBr)OC1CC1. The van der Waals surface area contributed by atoms with Crippen molar-refractivity contribution in [3.8, 4) is 0 Å². The molecule has 1 aliphatic carbocycles. The number of ether oxygens (including phenoxy) is 1. The van der Waals surface area contributed by atoms with Gasteiger partial charge in [0, 0.05) is 0 Å². The Labute approximate surface area is 56.3 Å². The monoisotopic (exact) mass is 178 g/mol. The molecule has 0 aliphatic heterocycles. The summed E-state index contributed by atoms with van der Waals surface area (Å²) in [7, 11) is 0. The fourth-order valence-corrected chi connectivity index (χ4v) is 0.535. The van der Waals surface area contributed by atoms with E-state index in [1.807, 2.05) is 0 Å². The van der Waals surface area contributed by atoms with Crippen LogP contribution in [0, 0.1) is 0 Å². The topological polar surface area (TPSA) is 26.3 Å². The van der Waals surface area contributed by atoms with Crippen molar-refractivity contribution in [2.75, 3.05) is 5.33 Å². The van der Waals surface area contributed by atoms with Crippen LogP contribution < -0.4 is 0 Å². The Morgan fingerprint density at radius 3 is 2.75 bits per heavy atom. The van der Waals surface area contributed by atoms with Gasteiger partial charge in [0.15, 0.2) is 0 Å². The van der Waals surface area contributed by atoms with Gasteiger partial charge in [-0.2, -0.15) is 0 Å². The fourth-order valence-electron chi connectivity index (χ4n) is 0.403. The fraction of sp³-hybridized carbons (Fsp3) is 0.800. The molecule has 0 unspecified atom stereocenters. The van der Waals surface area contributed by atoms with E-state index in [9.17, 15) is 4.79 Å². The molecule has 0 bridgehead atoms. The Hall–Kier alpha value is -0.0500. The van der Waals surface area contributed by atoms with Gasteiger partial charge in [0.2, 0.25) is 0 Å². The lowest BCUT2D eigenvalue weighted by molar-refractivity contribution is -0.141. The molecule has 0 N–H and O–H groups in total. The van der Waals surface area contributed by atoms with Crippen LogP contribution in [-0.4, -0.2) is 17.4 Å². The molecule has 1 fully saturated rings. The number of alkyl halides is 1. The van der Waals surface area contributed by atoms with Crippen LogP contribution in [0.2, 0.25) is 0 Å². The zero-order valence-corrected chi connectivity index (χ0v) is 5.98. The van der Waals surface area contributed by atoms with Crippen molar-refractivity contribution in [1.82, 2.24) is 0 Å². The summed E-state index contributed by atoms with van der Waals surface area (Å²) in [6.07, 6.45) is 2.36. The number of halogens is 1. The lowest BCUT2D eigenvalue weighted by Gasteiger charge is -1.95. The van der Waals surface area contributed by atoms with E-state index in [0.717, 1.165) is 12.8 Å². The number of hydrogen-bond donors (Lipinski definition) is 0. The first-order valence-electron chi connectivity index (χ1n) is 2.58. The van der Waals surface area contributed by atoms with Crippen molar-refractivity contribution in [1.29, 1.82) is 0 Å². The number of esters is 1. The molecule has 0 atom stereocenters. The van der Waals surface area contributed by atoms with Gasteiger partial charge in [-0.1, -0.05) is 15.9 Å². The van der Waals surface area contributed by atoms with Crippen LogP contribution >= 0.6 is 15.9 Å². The van der Waals surface area contributed by atoms with E-state index in [4.69, 9.17) is 4.74 Å². The summed E-state index contributed by atoms with van der Waals surface area (Å²) in [5, 5.41) is 0.323. The van der Waals surface area contributed by atoms with Crippen molar-refractivity contribution in [2.24, 2.45) is 0 Å². The third-order valence-corrected chi connectivity index (χ3v) is 1.39. The van der Waals surface area contributed by atoms with E-state index >= 15 is 0 Å². The molecular formula is C5H7BrO2. The van der Waals surface area contributed by atoms with Crippen LogP contribution in [0.5, 0.6) is 0 Å². The molecular weight excluding hydrogens is 172 g/mol. The van der Waals surface area contributed by atoms with E-state index in [0.29, 0.717) is 5.33 Å². The van der Waals surface area contributed by atoms with Gasteiger partial charge in [-0.25, -0.2) is 0 Å². The zero-order valence-electron chi connectivity index (χ0n) is 4.39. The van der Waals surface area contributed by atoms with Crippen LogP contribution in [0.3, 0.4) is 0 Å². The number of carbonyl (C=O) groups excluding carboxylic acids is 1. The summed E-state index contributed by atoms with van der Waals surface area (Å²) in [6, 6.07) is 0. The van der Waals surface area contributed by atoms with Gasteiger partial charge in [0.25, 0.3) is 0 Å². The lowest BCUT2D eigenvalue weighted by atomic mass is 10.7. The predicted molar refractivity (Wildman–Crippen MR) is 32.9 cm³/mol. The molecule has 2 nitrogen and oxygen atoms in total. The van der Waals surface area contributed by atoms with E-state index in [1.165, 1.54) is 0 Å². The molecule has 0 amide bonds. The summed E-state index contributed by atoms with van der Waals surface area (Å²) < 4.78 is 4.82. The average molecular weight is 179 g/mol. The Morgan fingerprint density at radius 1 is 1.75 bits per heavy atom. The Kier molecular flexibility index (Phi) is 1.89. The molecule has 0 radical (unpaired) electrons. The maximum absolute atomic E-state index is 10.4. The normalized spacial score (nSPS) is 18.1. The summed E-state index contributed by atoms with van der Waals surface area (Å²) >= 11 is 3.00. The first-order valence-corrected chi connectivity index (χ1v) is 3.70. The quantitative estimate of drug-likeness (QED) is 0.468. The standard InChI is InChI=1S/C5H7BrO2/c6-3-5(7)8-4-1-2-4/h4H,1-3H2. The van der Waals surface area contributed by atoms with E-state index in [-0.39, 0.29) is 12.1 Å². The second kappa shape index (κ2) is 2.49. The first-order chi connectivity index (χ1) is 3.83. The number of carbonyl (C=O) groups is 1. The molecule has 1 rings (SSSR count). The Morgan fingerprint density at radius 2 is 2.38 bits per heavy atom. The van der Waals surface area contributed by atoms with Crippen molar-refractivity contribution < 1.29 is 9.53 Å². The third-order valence-electron chi connectivity index (χ3n) is 0.932. The molecule has 1 saturated carbocycles. The molecule has 8 heavy (non-hydrogen) atoms. The van der Waals surface area contributed by atoms with E-state index < -0.39 is 0 Å². The highest BCUT2D eigenvalue weighted by atomic mass is 79.9. The maximum Gasteiger partial charge on any atom is 0.316 e. The highest BCUT2D eigenvalue weighted by Gasteiger charge is 2.25. The summed E-state index contributed by atoms with van der Waals surface area (Å²) in [6.45, 7) is 0. The largest absolute Gasteiger partial charge is 0.462 e. The first kappa shape index (κ1) is 6.08. The van der Waals surface area contributed by atoms with Crippen LogP contribution in [0.1, 0.15) is 12.8 Å². The molecule has 0 aromatic heterocycles. The van der Waals surface area contributed by atoms with Gasteiger partial charge in [0.05, 0.1) is 0 Å². The lowest BCUT2D eigenvalue weighted by Crippen LogP contribution is -2.06. The predicted octanol–water partition coefficient (Wildman–Crippen LogP) is 1.09. The Bertz CT molecular complexity index is 98.6. The molecule has 0 heterocycles. The minimum Gasteiger partial charge on any atom is -0.462 e. The van der Waals surface area contributed by atoms with Gasteiger partial charge in [-0.05, 0) is 12.8 Å². The van der Waals surface area contributed by atoms with Crippen LogP contribution in [0.15, 0.2) is 0 Å².